The second-order valence-corrected chi connectivity index (χ2v) is 5.59. The Kier molecular flexibility index (Phi) is 4.70. The molecule has 0 spiro atoms. The second kappa shape index (κ2) is 6.28. The fraction of sp³-hybridized carbons (Fsp3) is 0.182. The third-order valence-corrected chi connectivity index (χ3v) is 3.86. The van der Waals surface area contributed by atoms with Gasteiger partial charge in [0.1, 0.15) is 0 Å². The Morgan fingerprint density at radius 2 is 1.29 bits per heavy atom. The van der Waals surface area contributed by atoms with Crippen molar-refractivity contribution in [1.29, 1.82) is 0 Å². The van der Waals surface area contributed by atoms with Gasteiger partial charge in [0, 0.05) is 4.90 Å². The van der Waals surface area contributed by atoms with Gasteiger partial charge in [-0.3, -0.25) is 0 Å². The Labute approximate surface area is 113 Å². The van der Waals surface area contributed by atoms with E-state index in [9.17, 15) is 0 Å². The molecule has 3 nitrogen and oxygen atoms in total. The van der Waals surface area contributed by atoms with Gasteiger partial charge in [0.25, 0.3) is 0 Å². The molecule has 2 aromatic rings. The van der Waals surface area contributed by atoms with Gasteiger partial charge in [-0.25, -0.2) is 0 Å². The standard InChI is InChI=1S/C11H11N3S3/c1-15-9-12-10(16-2)14-11(13-9)17-8-6-4-3-5-7-8/h3-7H,1-2H3. The second-order valence-electron chi connectivity index (χ2n) is 3.01. The third kappa shape index (κ3) is 3.62. The number of thioether (sulfide) groups is 2. The molecule has 0 aliphatic heterocycles. The highest BCUT2D eigenvalue weighted by Gasteiger charge is 2.06. The third-order valence-electron chi connectivity index (χ3n) is 1.89. The van der Waals surface area contributed by atoms with Gasteiger partial charge in [-0.1, -0.05) is 41.7 Å². The molecule has 1 aromatic heterocycles. The number of hydrogen-bond acceptors (Lipinski definition) is 6. The Bertz CT molecular complexity index is 468. The van der Waals surface area contributed by atoms with E-state index in [4.69, 9.17) is 0 Å². The van der Waals surface area contributed by atoms with Gasteiger partial charge in [0.15, 0.2) is 15.5 Å². The molecule has 0 bridgehead atoms. The van der Waals surface area contributed by atoms with Crippen molar-refractivity contribution in [1.82, 2.24) is 15.0 Å². The predicted octanol–water partition coefficient (Wildman–Crippen LogP) is 3.47. The van der Waals surface area contributed by atoms with Crippen molar-refractivity contribution < 1.29 is 0 Å². The van der Waals surface area contributed by atoms with E-state index >= 15 is 0 Å². The van der Waals surface area contributed by atoms with Crippen LogP contribution in [-0.4, -0.2) is 27.5 Å². The Morgan fingerprint density at radius 3 is 1.82 bits per heavy atom. The summed E-state index contributed by atoms with van der Waals surface area (Å²) in [4.78, 5) is 14.2. The van der Waals surface area contributed by atoms with Crippen molar-refractivity contribution in [3.63, 3.8) is 0 Å². The van der Waals surface area contributed by atoms with Crippen LogP contribution in [0.1, 0.15) is 0 Å². The molecular weight excluding hydrogens is 270 g/mol. The molecule has 0 radical (unpaired) electrons. The van der Waals surface area contributed by atoms with Crippen molar-refractivity contribution in [3.05, 3.63) is 30.3 Å². The number of nitrogens with zero attached hydrogens (tertiary/aromatic N) is 3. The van der Waals surface area contributed by atoms with Crippen molar-refractivity contribution >= 4 is 35.3 Å². The lowest BCUT2D eigenvalue weighted by Crippen LogP contribution is -1.95. The van der Waals surface area contributed by atoms with Crippen LogP contribution in [0.15, 0.2) is 50.7 Å². The first-order valence-electron chi connectivity index (χ1n) is 4.89. The zero-order chi connectivity index (χ0) is 12.1. The van der Waals surface area contributed by atoms with Gasteiger partial charge < -0.3 is 0 Å². The van der Waals surface area contributed by atoms with Gasteiger partial charge in [-0.05, 0) is 36.4 Å². The molecule has 6 heteroatoms. The normalized spacial score (nSPS) is 10.5. The van der Waals surface area contributed by atoms with Crippen molar-refractivity contribution in [2.45, 2.75) is 20.4 Å². The summed E-state index contributed by atoms with van der Waals surface area (Å²) < 4.78 is 0. The maximum atomic E-state index is 4.39. The lowest BCUT2D eigenvalue weighted by molar-refractivity contribution is 0.719. The first-order chi connectivity index (χ1) is 8.31. The number of benzene rings is 1. The Hall–Kier alpha value is -0.720. The number of aromatic nitrogens is 3. The van der Waals surface area contributed by atoms with E-state index < -0.39 is 0 Å². The number of hydrogen-bond donors (Lipinski definition) is 0. The molecule has 0 N–H and O–H groups in total. The molecule has 0 atom stereocenters. The molecule has 0 amide bonds. The molecule has 0 fully saturated rings. The fourth-order valence-corrected chi connectivity index (χ4v) is 2.80. The van der Waals surface area contributed by atoms with Gasteiger partial charge in [-0.15, -0.1) is 0 Å². The Morgan fingerprint density at radius 1 is 0.765 bits per heavy atom. The van der Waals surface area contributed by atoms with Gasteiger partial charge >= 0.3 is 0 Å². The average molecular weight is 281 g/mol. The van der Waals surface area contributed by atoms with Crippen molar-refractivity contribution in [2.24, 2.45) is 0 Å². The molecule has 1 aromatic carbocycles. The summed E-state index contributed by atoms with van der Waals surface area (Å²) in [6, 6.07) is 10.1. The summed E-state index contributed by atoms with van der Waals surface area (Å²) in [5, 5.41) is 2.28. The van der Waals surface area contributed by atoms with E-state index in [2.05, 4.69) is 15.0 Å². The molecule has 17 heavy (non-hydrogen) atoms. The van der Waals surface area contributed by atoms with Crippen LogP contribution < -0.4 is 0 Å². The van der Waals surface area contributed by atoms with Crippen LogP contribution in [0.4, 0.5) is 0 Å². The minimum Gasteiger partial charge on any atom is -0.196 e. The Balaban J connectivity index is 2.26. The van der Waals surface area contributed by atoms with Crippen molar-refractivity contribution in [3.8, 4) is 0 Å². The summed E-state index contributed by atoms with van der Waals surface area (Å²) in [5.41, 5.74) is 0. The highest BCUT2D eigenvalue weighted by molar-refractivity contribution is 8.00. The van der Waals surface area contributed by atoms with Gasteiger partial charge in [0.2, 0.25) is 0 Å². The maximum absolute atomic E-state index is 4.39. The lowest BCUT2D eigenvalue weighted by Gasteiger charge is -2.03. The topological polar surface area (TPSA) is 38.7 Å². The van der Waals surface area contributed by atoms with E-state index in [1.807, 2.05) is 42.8 Å². The van der Waals surface area contributed by atoms with E-state index in [1.165, 1.54) is 23.5 Å². The minimum atomic E-state index is 0.750. The van der Waals surface area contributed by atoms with E-state index in [-0.39, 0.29) is 0 Å². The molecule has 0 aliphatic rings. The van der Waals surface area contributed by atoms with Gasteiger partial charge in [0.05, 0.1) is 0 Å². The number of rotatable bonds is 4. The molecule has 1 heterocycles. The lowest BCUT2D eigenvalue weighted by atomic mass is 10.4. The van der Waals surface area contributed by atoms with Crippen LogP contribution in [0.2, 0.25) is 0 Å². The first-order valence-corrected chi connectivity index (χ1v) is 8.15. The SMILES string of the molecule is CSc1nc(SC)nc(Sc2ccccc2)n1. The quantitative estimate of drug-likeness (QED) is 0.799. The highest BCUT2D eigenvalue weighted by Crippen LogP contribution is 2.26. The van der Waals surface area contributed by atoms with E-state index in [0.717, 1.165) is 20.4 Å². The van der Waals surface area contributed by atoms with Crippen molar-refractivity contribution in [2.75, 3.05) is 12.5 Å². The summed E-state index contributed by atoms with van der Waals surface area (Å²) in [6.45, 7) is 0. The molecule has 0 unspecified atom stereocenters. The summed E-state index contributed by atoms with van der Waals surface area (Å²) in [6.07, 6.45) is 3.94. The smallest absolute Gasteiger partial charge is 0.196 e. The van der Waals surface area contributed by atoms with Crippen LogP contribution in [0.3, 0.4) is 0 Å². The maximum Gasteiger partial charge on any atom is 0.197 e. The average Bonchev–Trinajstić information content (AvgIpc) is 2.39. The molecule has 0 saturated carbocycles. The molecule has 88 valence electrons. The largest absolute Gasteiger partial charge is 0.197 e. The summed E-state index contributed by atoms with van der Waals surface area (Å²) in [7, 11) is 0. The van der Waals surface area contributed by atoms with Crippen LogP contribution in [0.25, 0.3) is 0 Å². The molecule has 0 saturated heterocycles. The zero-order valence-electron chi connectivity index (χ0n) is 9.45. The highest BCUT2D eigenvalue weighted by atomic mass is 32.2. The fourth-order valence-electron chi connectivity index (χ4n) is 1.14. The van der Waals surface area contributed by atoms with E-state index in [1.54, 1.807) is 11.8 Å². The zero-order valence-corrected chi connectivity index (χ0v) is 11.9. The van der Waals surface area contributed by atoms with Crippen LogP contribution >= 0.6 is 35.3 Å². The van der Waals surface area contributed by atoms with Crippen LogP contribution in [0, 0.1) is 0 Å². The first kappa shape index (κ1) is 12.7. The monoisotopic (exact) mass is 281 g/mol. The van der Waals surface area contributed by atoms with Crippen LogP contribution in [-0.2, 0) is 0 Å². The summed E-state index contributed by atoms with van der Waals surface area (Å²) >= 11 is 4.63. The molecular formula is C11H11N3S3. The predicted molar refractivity (Wildman–Crippen MR) is 74.0 cm³/mol. The van der Waals surface area contributed by atoms with Gasteiger partial charge in [-0.2, -0.15) is 15.0 Å². The molecule has 2 rings (SSSR count). The molecule has 0 aliphatic carbocycles. The minimum absolute atomic E-state index is 0.750. The van der Waals surface area contributed by atoms with Crippen LogP contribution in [0.5, 0.6) is 0 Å². The van der Waals surface area contributed by atoms with E-state index in [0.29, 0.717) is 0 Å². The summed E-state index contributed by atoms with van der Waals surface area (Å²) in [5.74, 6) is 0.